The van der Waals surface area contributed by atoms with E-state index in [0.29, 0.717) is 5.41 Å². The van der Waals surface area contributed by atoms with Crippen molar-refractivity contribution in [1.82, 2.24) is 10.2 Å². The van der Waals surface area contributed by atoms with Crippen molar-refractivity contribution < 1.29 is 4.74 Å². The zero-order valence-electron chi connectivity index (χ0n) is 11.5. The van der Waals surface area contributed by atoms with E-state index in [1.807, 2.05) is 0 Å². The third-order valence-electron chi connectivity index (χ3n) is 4.44. The van der Waals surface area contributed by atoms with E-state index >= 15 is 0 Å². The molecule has 0 radical (unpaired) electrons. The van der Waals surface area contributed by atoms with Crippen molar-refractivity contribution in [3.05, 3.63) is 0 Å². The van der Waals surface area contributed by atoms with E-state index < -0.39 is 0 Å². The fraction of sp³-hybridized carbons (Fsp3) is 0.929. The van der Waals surface area contributed by atoms with Crippen molar-refractivity contribution >= 4 is 17.3 Å². The first-order chi connectivity index (χ1) is 8.76. The second kappa shape index (κ2) is 6.71. The standard InChI is InChI=1S/C14H26N2OS/c1-17-11-5-9-15-13(18)16-10-8-14(12-16)6-3-2-4-7-14/h2-12H2,1H3,(H,15,18). The highest BCUT2D eigenvalue weighted by Crippen LogP contribution is 2.43. The van der Waals surface area contributed by atoms with Gasteiger partial charge in [-0.25, -0.2) is 0 Å². The van der Waals surface area contributed by atoms with Crippen LogP contribution in [0.15, 0.2) is 0 Å². The molecule has 2 fully saturated rings. The molecule has 2 rings (SSSR count). The molecule has 1 saturated heterocycles. The maximum absolute atomic E-state index is 5.49. The maximum Gasteiger partial charge on any atom is 0.168 e. The van der Waals surface area contributed by atoms with Crippen LogP contribution in [-0.2, 0) is 4.74 Å². The minimum absolute atomic E-state index is 0.594. The highest BCUT2D eigenvalue weighted by atomic mass is 32.1. The summed E-state index contributed by atoms with van der Waals surface area (Å²) in [5.74, 6) is 0. The highest BCUT2D eigenvalue weighted by molar-refractivity contribution is 7.80. The summed E-state index contributed by atoms with van der Waals surface area (Å²) in [7, 11) is 1.74. The van der Waals surface area contributed by atoms with Crippen molar-refractivity contribution in [2.75, 3.05) is 33.4 Å². The molecule has 3 nitrogen and oxygen atoms in total. The molecule has 0 aromatic heterocycles. The molecular weight excluding hydrogens is 244 g/mol. The molecule has 1 heterocycles. The van der Waals surface area contributed by atoms with E-state index in [1.54, 1.807) is 7.11 Å². The van der Waals surface area contributed by atoms with Crippen LogP contribution >= 0.6 is 12.2 Å². The van der Waals surface area contributed by atoms with Gasteiger partial charge in [0.2, 0.25) is 0 Å². The summed E-state index contributed by atoms with van der Waals surface area (Å²) in [5, 5.41) is 4.31. The molecule has 1 aliphatic carbocycles. The Morgan fingerprint density at radius 3 is 2.78 bits per heavy atom. The molecule has 1 aliphatic heterocycles. The Hall–Kier alpha value is -0.350. The molecule has 1 spiro atoms. The fourth-order valence-corrected chi connectivity index (χ4v) is 3.60. The smallest absolute Gasteiger partial charge is 0.168 e. The number of thiocarbonyl (C=S) groups is 1. The third kappa shape index (κ3) is 3.58. The molecule has 104 valence electrons. The monoisotopic (exact) mass is 270 g/mol. The third-order valence-corrected chi connectivity index (χ3v) is 4.84. The molecule has 2 aliphatic rings. The fourth-order valence-electron chi connectivity index (χ4n) is 3.34. The maximum atomic E-state index is 5.49. The average molecular weight is 270 g/mol. The molecule has 18 heavy (non-hydrogen) atoms. The molecule has 1 N–H and O–H groups in total. The van der Waals surface area contributed by atoms with Gasteiger partial charge in [-0.2, -0.15) is 0 Å². The lowest BCUT2D eigenvalue weighted by atomic mass is 9.74. The molecule has 0 unspecified atom stereocenters. The van der Waals surface area contributed by atoms with Gasteiger partial charge in [0, 0.05) is 33.4 Å². The minimum Gasteiger partial charge on any atom is -0.385 e. The van der Waals surface area contributed by atoms with Gasteiger partial charge in [0.25, 0.3) is 0 Å². The SMILES string of the molecule is COCCCNC(=S)N1CCC2(CCCCC2)C1. The zero-order chi connectivity index (χ0) is 12.8. The van der Waals surface area contributed by atoms with E-state index in [2.05, 4.69) is 10.2 Å². The average Bonchev–Trinajstić information content (AvgIpc) is 2.79. The molecule has 0 bridgehead atoms. The van der Waals surface area contributed by atoms with Crippen LogP contribution in [-0.4, -0.2) is 43.4 Å². The summed E-state index contributed by atoms with van der Waals surface area (Å²) < 4.78 is 5.04. The van der Waals surface area contributed by atoms with Crippen LogP contribution in [0.5, 0.6) is 0 Å². The number of hydrogen-bond donors (Lipinski definition) is 1. The van der Waals surface area contributed by atoms with Crippen molar-refractivity contribution in [3.63, 3.8) is 0 Å². The second-order valence-electron chi connectivity index (χ2n) is 5.81. The largest absolute Gasteiger partial charge is 0.385 e. The van der Waals surface area contributed by atoms with E-state index in [4.69, 9.17) is 17.0 Å². The summed E-state index contributed by atoms with van der Waals surface area (Å²) in [4.78, 5) is 2.38. The first kappa shape index (κ1) is 14.1. The van der Waals surface area contributed by atoms with Gasteiger partial charge >= 0.3 is 0 Å². The van der Waals surface area contributed by atoms with Crippen molar-refractivity contribution in [2.24, 2.45) is 5.41 Å². The summed E-state index contributed by atoms with van der Waals surface area (Å²) >= 11 is 5.49. The Morgan fingerprint density at radius 1 is 1.28 bits per heavy atom. The highest BCUT2D eigenvalue weighted by Gasteiger charge is 2.39. The predicted molar refractivity (Wildman–Crippen MR) is 78.8 cm³/mol. The molecule has 0 aromatic rings. The quantitative estimate of drug-likeness (QED) is 0.627. The van der Waals surface area contributed by atoms with Crippen LogP contribution in [0.3, 0.4) is 0 Å². The summed E-state index contributed by atoms with van der Waals surface area (Å²) in [5.41, 5.74) is 0.594. The van der Waals surface area contributed by atoms with Crippen molar-refractivity contribution in [1.29, 1.82) is 0 Å². The zero-order valence-corrected chi connectivity index (χ0v) is 12.4. The Bertz CT molecular complexity index is 277. The van der Waals surface area contributed by atoms with Gasteiger partial charge in [-0.15, -0.1) is 0 Å². The number of hydrogen-bond acceptors (Lipinski definition) is 2. The number of likely N-dealkylation sites (tertiary alicyclic amines) is 1. The summed E-state index contributed by atoms with van der Waals surface area (Å²) in [6, 6.07) is 0. The Balaban J connectivity index is 1.72. The first-order valence-corrected chi connectivity index (χ1v) is 7.68. The lowest BCUT2D eigenvalue weighted by molar-refractivity contribution is 0.194. The van der Waals surface area contributed by atoms with Crippen LogP contribution in [0.25, 0.3) is 0 Å². The van der Waals surface area contributed by atoms with Crippen LogP contribution in [0.2, 0.25) is 0 Å². The van der Waals surface area contributed by atoms with Crippen LogP contribution in [0.1, 0.15) is 44.9 Å². The molecule has 0 amide bonds. The second-order valence-corrected chi connectivity index (χ2v) is 6.20. The molecule has 4 heteroatoms. The van der Waals surface area contributed by atoms with Crippen LogP contribution in [0.4, 0.5) is 0 Å². The lowest BCUT2D eigenvalue weighted by Gasteiger charge is -2.33. The first-order valence-electron chi connectivity index (χ1n) is 7.27. The topological polar surface area (TPSA) is 24.5 Å². The van der Waals surface area contributed by atoms with Crippen LogP contribution < -0.4 is 5.32 Å². The number of ether oxygens (including phenoxy) is 1. The van der Waals surface area contributed by atoms with Gasteiger partial charge in [0.1, 0.15) is 0 Å². The van der Waals surface area contributed by atoms with Crippen molar-refractivity contribution in [3.8, 4) is 0 Å². The Kier molecular flexibility index (Phi) is 5.25. The predicted octanol–water partition coefficient (Wildman–Crippen LogP) is 2.55. The van der Waals surface area contributed by atoms with E-state index in [1.165, 1.54) is 45.1 Å². The van der Waals surface area contributed by atoms with Gasteiger partial charge in [-0.3, -0.25) is 0 Å². The van der Waals surface area contributed by atoms with Gasteiger partial charge in [0.05, 0.1) is 0 Å². The number of nitrogens with zero attached hydrogens (tertiary/aromatic N) is 1. The Labute approximate surface area is 116 Å². The number of methoxy groups -OCH3 is 1. The van der Waals surface area contributed by atoms with Crippen LogP contribution in [0, 0.1) is 5.41 Å². The lowest BCUT2D eigenvalue weighted by Crippen LogP contribution is -2.40. The summed E-state index contributed by atoms with van der Waals surface area (Å²) in [6.45, 7) is 4.06. The van der Waals surface area contributed by atoms with E-state index in [9.17, 15) is 0 Å². The molecule has 1 saturated carbocycles. The van der Waals surface area contributed by atoms with Gasteiger partial charge in [0.15, 0.2) is 5.11 Å². The van der Waals surface area contributed by atoms with Crippen molar-refractivity contribution in [2.45, 2.75) is 44.9 Å². The number of nitrogens with one attached hydrogen (secondary N) is 1. The molecule has 0 aromatic carbocycles. The normalized spacial score (nSPS) is 22.4. The van der Waals surface area contributed by atoms with Gasteiger partial charge < -0.3 is 15.0 Å². The van der Waals surface area contributed by atoms with Gasteiger partial charge in [-0.1, -0.05) is 19.3 Å². The Morgan fingerprint density at radius 2 is 2.06 bits per heavy atom. The molecular formula is C14H26N2OS. The van der Waals surface area contributed by atoms with E-state index in [-0.39, 0.29) is 0 Å². The van der Waals surface area contributed by atoms with E-state index in [0.717, 1.165) is 31.2 Å². The summed E-state index contributed by atoms with van der Waals surface area (Å²) in [6.07, 6.45) is 9.46. The molecule has 0 atom stereocenters. The minimum atomic E-state index is 0.594. The number of rotatable bonds is 4. The van der Waals surface area contributed by atoms with Gasteiger partial charge in [-0.05, 0) is 43.3 Å².